The molecule has 0 radical (unpaired) electrons. The predicted molar refractivity (Wildman–Crippen MR) is 88.8 cm³/mol. The number of methoxy groups -OCH3 is 1. The van der Waals surface area contributed by atoms with Gasteiger partial charge in [0.15, 0.2) is 5.82 Å². The highest BCUT2D eigenvalue weighted by atomic mass is 16.5. The van der Waals surface area contributed by atoms with Gasteiger partial charge in [0, 0.05) is 36.6 Å². The van der Waals surface area contributed by atoms with Crippen LogP contribution in [0.4, 0.5) is 0 Å². The number of benzene rings is 1. The van der Waals surface area contributed by atoms with Gasteiger partial charge in [0.05, 0.1) is 13.5 Å². The minimum Gasteiger partial charge on any atom is -0.496 e. The van der Waals surface area contributed by atoms with Crippen molar-refractivity contribution in [2.24, 2.45) is 0 Å². The van der Waals surface area contributed by atoms with E-state index in [4.69, 9.17) is 4.74 Å². The third kappa shape index (κ3) is 3.08. The van der Waals surface area contributed by atoms with Crippen molar-refractivity contribution in [3.05, 3.63) is 35.8 Å². The van der Waals surface area contributed by atoms with E-state index in [9.17, 15) is 4.79 Å². The molecule has 2 N–H and O–H groups in total. The molecule has 1 amide bonds. The van der Waals surface area contributed by atoms with E-state index in [0.29, 0.717) is 18.8 Å². The second-order valence-electron chi connectivity index (χ2n) is 5.82. The summed E-state index contributed by atoms with van der Waals surface area (Å²) in [6, 6.07) is 5.78. The Labute approximate surface area is 139 Å². The van der Waals surface area contributed by atoms with E-state index < -0.39 is 0 Å². The molecule has 1 aromatic carbocycles. The van der Waals surface area contributed by atoms with Gasteiger partial charge in [0.25, 0.3) is 0 Å². The number of nitrogens with one attached hydrogen (secondary N) is 2. The molecule has 126 valence electrons. The van der Waals surface area contributed by atoms with Crippen LogP contribution in [0.25, 0.3) is 10.9 Å². The summed E-state index contributed by atoms with van der Waals surface area (Å²) in [6.07, 6.45) is 2.16. The van der Waals surface area contributed by atoms with Gasteiger partial charge < -0.3 is 14.6 Å². The Kier molecular flexibility index (Phi) is 4.45. The second-order valence-corrected chi connectivity index (χ2v) is 5.82. The van der Waals surface area contributed by atoms with Crippen LogP contribution in [0.5, 0.6) is 5.75 Å². The van der Waals surface area contributed by atoms with Gasteiger partial charge in [0.2, 0.25) is 5.91 Å². The van der Waals surface area contributed by atoms with Crippen LogP contribution >= 0.6 is 0 Å². The van der Waals surface area contributed by atoms with E-state index in [0.717, 1.165) is 22.2 Å². The van der Waals surface area contributed by atoms with Crippen LogP contribution in [-0.2, 0) is 11.2 Å². The van der Waals surface area contributed by atoms with E-state index in [2.05, 4.69) is 25.6 Å². The number of aromatic amines is 2. The molecule has 3 rings (SSSR count). The highest BCUT2D eigenvalue weighted by molar-refractivity contribution is 5.93. The molecule has 2 heterocycles. The summed E-state index contributed by atoms with van der Waals surface area (Å²) in [5.74, 6) is 1.40. The number of tetrazole rings is 1. The predicted octanol–water partition coefficient (Wildman–Crippen LogP) is 1.49. The number of rotatable bonds is 6. The summed E-state index contributed by atoms with van der Waals surface area (Å²) in [4.78, 5) is 17.4. The fourth-order valence-electron chi connectivity index (χ4n) is 2.80. The van der Waals surface area contributed by atoms with Gasteiger partial charge in [-0.15, -0.1) is 10.2 Å². The van der Waals surface area contributed by atoms with Gasteiger partial charge in [-0.25, -0.2) is 0 Å². The minimum atomic E-state index is 0.00945. The van der Waals surface area contributed by atoms with Crippen LogP contribution in [0.15, 0.2) is 24.4 Å². The van der Waals surface area contributed by atoms with Crippen LogP contribution in [0.3, 0.4) is 0 Å². The first-order valence-electron chi connectivity index (χ1n) is 7.70. The number of hydrogen-bond acceptors (Lipinski definition) is 5. The molecule has 0 aliphatic heterocycles. The van der Waals surface area contributed by atoms with Crippen molar-refractivity contribution < 1.29 is 9.53 Å². The van der Waals surface area contributed by atoms with Crippen molar-refractivity contribution in [2.45, 2.75) is 19.3 Å². The van der Waals surface area contributed by atoms with Crippen molar-refractivity contribution in [2.75, 3.05) is 20.7 Å². The van der Waals surface area contributed by atoms with Gasteiger partial charge in [-0.1, -0.05) is 18.2 Å². The van der Waals surface area contributed by atoms with Crippen molar-refractivity contribution in [3.63, 3.8) is 0 Å². The summed E-state index contributed by atoms with van der Waals surface area (Å²) < 4.78 is 5.41. The Morgan fingerprint density at radius 2 is 2.25 bits per heavy atom. The maximum atomic E-state index is 12.6. The van der Waals surface area contributed by atoms with Crippen LogP contribution in [0.2, 0.25) is 0 Å². The monoisotopic (exact) mass is 328 g/mol. The van der Waals surface area contributed by atoms with Crippen molar-refractivity contribution in [1.29, 1.82) is 0 Å². The number of nitrogens with zero attached hydrogens (tertiary/aromatic N) is 4. The first-order chi connectivity index (χ1) is 11.6. The number of likely N-dealkylation sites (N-methyl/N-ethyl adjacent to an activating group) is 1. The van der Waals surface area contributed by atoms with E-state index in [1.807, 2.05) is 31.3 Å². The van der Waals surface area contributed by atoms with Crippen LogP contribution in [0, 0.1) is 0 Å². The highest BCUT2D eigenvalue weighted by Crippen LogP contribution is 2.29. The van der Waals surface area contributed by atoms with Crippen LogP contribution in [0.1, 0.15) is 24.2 Å². The molecule has 8 heteroatoms. The molecular formula is C16H20N6O2. The number of amides is 1. The molecular weight excluding hydrogens is 308 g/mol. The van der Waals surface area contributed by atoms with E-state index in [-0.39, 0.29) is 11.8 Å². The quantitative estimate of drug-likeness (QED) is 0.714. The maximum absolute atomic E-state index is 12.6. The summed E-state index contributed by atoms with van der Waals surface area (Å²) in [6.45, 7) is 2.49. The fourth-order valence-corrected chi connectivity index (χ4v) is 2.80. The Balaban J connectivity index is 1.72. The number of H-pyrrole nitrogens is 2. The summed E-state index contributed by atoms with van der Waals surface area (Å²) in [5, 5.41) is 14.9. The lowest BCUT2D eigenvalue weighted by molar-refractivity contribution is -0.129. The number of carbonyl (C=O) groups is 1. The number of carbonyl (C=O) groups excluding carboxylic acids is 1. The summed E-state index contributed by atoms with van der Waals surface area (Å²) in [7, 11) is 3.41. The Hall–Kier alpha value is -2.90. The topological polar surface area (TPSA) is 99.8 Å². The number of fused-ring (bicyclic) bond motifs is 1. The average molecular weight is 328 g/mol. The minimum absolute atomic E-state index is 0.00945. The Morgan fingerprint density at radius 3 is 2.96 bits per heavy atom. The van der Waals surface area contributed by atoms with Gasteiger partial charge >= 0.3 is 0 Å². The maximum Gasteiger partial charge on any atom is 0.226 e. The lowest BCUT2D eigenvalue weighted by atomic mass is 10.1. The number of hydrogen-bond donors (Lipinski definition) is 2. The molecule has 0 bridgehead atoms. The number of ether oxygens (including phenoxy) is 1. The molecule has 1 atom stereocenters. The molecule has 2 aromatic heterocycles. The first-order valence-corrected chi connectivity index (χ1v) is 7.70. The average Bonchev–Trinajstić information content (AvgIpc) is 3.24. The largest absolute Gasteiger partial charge is 0.496 e. The Morgan fingerprint density at radius 1 is 1.42 bits per heavy atom. The molecule has 24 heavy (non-hydrogen) atoms. The smallest absolute Gasteiger partial charge is 0.226 e. The SMILES string of the molecule is COc1cccc2[nH]cc(CC(=O)N(C)C[C@H](C)c3nn[nH]n3)c12. The first kappa shape index (κ1) is 16.0. The van der Waals surface area contributed by atoms with Gasteiger partial charge in [-0.3, -0.25) is 4.79 Å². The van der Waals surface area contributed by atoms with Crippen LogP contribution < -0.4 is 4.74 Å². The Bertz CT molecular complexity index is 826. The van der Waals surface area contributed by atoms with Crippen LogP contribution in [-0.4, -0.2) is 57.1 Å². The molecule has 8 nitrogen and oxygen atoms in total. The lowest BCUT2D eigenvalue weighted by Gasteiger charge is -2.20. The molecule has 0 unspecified atom stereocenters. The van der Waals surface area contributed by atoms with Gasteiger partial charge in [-0.2, -0.15) is 5.21 Å². The van der Waals surface area contributed by atoms with Gasteiger partial charge in [0.1, 0.15) is 5.75 Å². The molecule has 0 saturated carbocycles. The molecule has 0 spiro atoms. The fraction of sp³-hybridized carbons (Fsp3) is 0.375. The number of aromatic nitrogens is 5. The van der Waals surface area contributed by atoms with Gasteiger partial charge in [-0.05, 0) is 17.7 Å². The summed E-state index contributed by atoms with van der Waals surface area (Å²) >= 11 is 0. The van der Waals surface area contributed by atoms with Crippen molar-refractivity contribution in [1.82, 2.24) is 30.5 Å². The molecule has 3 aromatic rings. The standard InChI is InChI=1S/C16H20N6O2/c1-10(16-18-20-21-19-16)9-22(2)14(23)7-11-8-17-12-5-4-6-13(24-3)15(11)12/h4-6,8,10,17H,7,9H2,1-3H3,(H,18,19,20,21)/t10-/m0/s1. The van der Waals surface area contributed by atoms with Crippen molar-refractivity contribution in [3.8, 4) is 5.75 Å². The highest BCUT2D eigenvalue weighted by Gasteiger charge is 2.19. The molecule has 0 aliphatic rings. The summed E-state index contributed by atoms with van der Waals surface area (Å²) in [5.41, 5.74) is 1.88. The third-order valence-electron chi connectivity index (χ3n) is 4.09. The normalized spacial score (nSPS) is 12.3. The zero-order chi connectivity index (χ0) is 17.1. The van der Waals surface area contributed by atoms with E-state index in [1.54, 1.807) is 19.1 Å². The van der Waals surface area contributed by atoms with E-state index in [1.165, 1.54) is 0 Å². The van der Waals surface area contributed by atoms with E-state index >= 15 is 0 Å². The lowest BCUT2D eigenvalue weighted by Crippen LogP contribution is -2.31. The van der Waals surface area contributed by atoms with Crippen molar-refractivity contribution >= 4 is 16.8 Å². The third-order valence-corrected chi connectivity index (χ3v) is 4.09. The zero-order valence-corrected chi connectivity index (χ0v) is 13.9. The molecule has 0 saturated heterocycles. The second kappa shape index (κ2) is 6.69. The molecule has 0 fully saturated rings. The zero-order valence-electron chi connectivity index (χ0n) is 13.9. The molecule has 0 aliphatic carbocycles.